The third-order valence-electron chi connectivity index (χ3n) is 3.84. The van der Waals surface area contributed by atoms with Crippen LogP contribution in [0.15, 0.2) is 30.3 Å². The summed E-state index contributed by atoms with van der Waals surface area (Å²) in [7, 11) is 0. The fraction of sp³-hybridized carbons (Fsp3) is 0.474. The molecule has 1 aromatic carbocycles. The van der Waals surface area contributed by atoms with Gasteiger partial charge in [-0.15, -0.1) is 13.2 Å². The van der Waals surface area contributed by atoms with Gasteiger partial charge in [-0.05, 0) is 31.9 Å². The summed E-state index contributed by atoms with van der Waals surface area (Å²) < 4.78 is 41.5. The molecule has 0 amide bonds. The Bertz CT molecular complexity index is 782. The van der Waals surface area contributed by atoms with Crippen LogP contribution in [0, 0.1) is 5.92 Å². The van der Waals surface area contributed by atoms with Gasteiger partial charge in [0, 0.05) is 17.7 Å². The smallest absolute Gasteiger partial charge is 0.406 e. The van der Waals surface area contributed by atoms with E-state index in [1.807, 2.05) is 27.7 Å². The van der Waals surface area contributed by atoms with Crippen LogP contribution in [0.2, 0.25) is 0 Å². The highest BCUT2D eigenvalue weighted by Crippen LogP contribution is 2.29. The van der Waals surface area contributed by atoms with Crippen molar-refractivity contribution in [1.29, 1.82) is 0 Å². The van der Waals surface area contributed by atoms with Crippen LogP contribution in [-0.4, -0.2) is 40.1 Å². The lowest BCUT2D eigenvalue weighted by Crippen LogP contribution is -2.30. The van der Waals surface area contributed by atoms with Crippen molar-refractivity contribution in [1.82, 2.24) is 9.97 Å². The van der Waals surface area contributed by atoms with Crippen LogP contribution in [0.5, 0.6) is 5.75 Å². The summed E-state index contributed by atoms with van der Waals surface area (Å²) in [6.07, 6.45) is -4.77. The lowest BCUT2D eigenvalue weighted by molar-refractivity contribution is -0.274. The van der Waals surface area contributed by atoms with Gasteiger partial charge < -0.3 is 20.5 Å². The lowest BCUT2D eigenvalue weighted by atomic mass is 10.1. The molecule has 154 valence electrons. The van der Waals surface area contributed by atoms with Crippen molar-refractivity contribution in [3.63, 3.8) is 0 Å². The zero-order chi connectivity index (χ0) is 20.9. The van der Waals surface area contributed by atoms with E-state index in [1.54, 1.807) is 12.1 Å². The third-order valence-corrected chi connectivity index (χ3v) is 3.84. The maximum atomic E-state index is 12.5. The van der Waals surface area contributed by atoms with Crippen LogP contribution in [-0.2, 0) is 0 Å². The number of alkyl halides is 3. The Morgan fingerprint density at radius 1 is 1.07 bits per heavy atom. The number of aromatic nitrogens is 2. The zero-order valence-electron chi connectivity index (χ0n) is 16.2. The number of benzene rings is 1. The Morgan fingerprint density at radius 2 is 1.79 bits per heavy atom. The van der Waals surface area contributed by atoms with Crippen LogP contribution in [0.3, 0.4) is 0 Å². The first-order valence-corrected chi connectivity index (χ1v) is 8.96. The van der Waals surface area contributed by atoms with Gasteiger partial charge in [0.05, 0.1) is 18.3 Å². The first kappa shape index (κ1) is 21.7. The molecule has 2 aromatic rings. The van der Waals surface area contributed by atoms with Gasteiger partial charge in [-0.1, -0.05) is 26.0 Å². The summed E-state index contributed by atoms with van der Waals surface area (Å²) in [4.78, 5) is 8.80. The average Bonchev–Trinajstić information content (AvgIpc) is 2.57. The highest BCUT2D eigenvalue weighted by atomic mass is 19.4. The second-order valence-corrected chi connectivity index (χ2v) is 7.01. The van der Waals surface area contributed by atoms with Gasteiger partial charge in [-0.3, -0.25) is 0 Å². The molecule has 0 aliphatic rings. The maximum Gasteiger partial charge on any atom is 0.573 e. The molecule has 9 heteroatoms. The molecule has 28 heavy (non-hydrogen) atoms. The number of hydrogen-bond acceptors (Lipinski definition) is 6. The maximum absolute atomic E-state index is 12.5. The summed E-state index contributed by atoms with van der Waals surface area (Å²) in [6, 6.07) is 7.08. The van der Waals surface area contributed by atoms with Crippen LogP contribution in [0.4, 0.5) is 24.9 Å². The molecule has 2 rings (SSSR count). The summed E-state index contributed by atoms with van der Waals surface area (Å²) in [5.41, 5.74) is 0.873. The fourth-order valence-corrected chi connectivity index (χ4v) is 2.47. The molecule has 0 spiro atoms. The Morgan fingerprint density at radius 3 is 2.36 bits per heavy atom. The molecule has 0 saturated carbocycles. The zero-order valence-corrected chi connectivity index (χ0v) is 16.2. The number of rotatable bonds is 8. The second-order valence-electron chi connectivity index (χ2n) is 7.01. The fourth-order valence-electron chi connectivity index (χ4n) is 2.47. The quantitative estimate of drug-likeness (QED) is 0.616. The van der Waals surface area contributed by atoms with E-state index in [4.69, 9.17) is 0 Å². The lowest BCUT2D eigenvalue weighted by Gasteiger charge is -2.21. The van der Waals surface area contributed by atoms with Crippen molar-refractivity contribution in [2.75, 3.05) is 17.2 Å². The van der Waals surface area contributed by atoms with Gasteiger partial charge in [0.25, 0.3) is 0 Å². The van der Waals surface area contributed by atoms with Crippen molar-refractivity contribution in [2.24, 2.45) is 5.92 Å². The van der Waals surface area contributed by atoms with Gasteiger partial charge in [-0.2, -0.15) is 4.98 Å². The Hall–Kier alpha value is -2.55. The van der Waals surface area contributed by atoms with E-state index in [0.29, 0.717) is 17.1 Å². The number of hydrogen-bond donors (Lipinski definition) is 3. The highest BCUT2D eigenvalue weighted by molar-refractivity contribution is 5.66. The molecule has 6 nitrogen and oxygen atoms in total. The van der Waals surface area contributed by atoms with E-state index < -0.39 is 6.36 Å². The number of aliphatic hydroxyl groups is 1. The first-order chi connectivity index (χ1) is 13.1. The molecule has 0 aliphatic heterocycles. The molecule has 0 bridgehead atoms. The molecule has 1 heterocycles. The Balaban J connectivity index is 2.42. The number of nitrogens with zero attached hydrogens (tertiary/aromatic N) is 2. The topological polar surface area (TPSA) is 79.3 Å². The Labute approximate surface area is 162 Å². The number of aliphatic hydroxyl groups excluding tert-OH is 1. The minimum Gasteiger partial charge on any atom is -0.406 e. The standard InChI is InChI=1S/C19H25F3N4O2/c1-11(2)16(10-27)25-18-24-15(9-17(26-18)23-12(3)4)13-6-5-7-14(8-13)28-19(20,21)22/h5-9,11-12,16,27H,10H2,1-4H3,(H2,23,24,25,26)/t16-/m0/s1. The molecule has 0 fully saturated rings. The number of nitrogens with one attached hydrogen (secondary N) is 2. The van der Waals surface area contributed by atoms with Crippen molar-refractivity contribution < 1.29 is 23.0 Å². The molecule has 0 saturated heterocycles. The van der Waals surface area contributed by atoms with E-state index in [-0.39, 0.29) is 36.3 Å². The van der Waals surface area contributed by atoms with Gasteiger partial charge >= 0.3 is 6.36 Å². The monoisotopic (exact) mass is 398 g/mol. The predicted octanol–water partition coefficient (Wildman–Crippen LogP) is 4.29. The number of anilines is 2. The minimum atomic E-state index is -4.77. The van der Waals surface area contributed by atoms with E-state index in [0.717, 1.165) is 0 Å². The van der Waals surface area contributed by atoms with Gasteiger partial charge in [-0.25, -0.2) is 4.98 Å². The summed E-state index contributed by atoms with van der Waals surface area (Å²) in [5, 5.41) is 15.8. The minimum absolute atomic E-state index is 0.0919. The number of halogens is 3. The van der Waals surface area contributed by atoms with Crippen molar-refractivity contribution >= 4 is 11.8 Å². The third kappa shape index (κ3) is 6.56. The van der Waals surface area contributed by atoms with Crippen molar-refractivity contribution in [3.05, 3.63) is 30.3 Å². The van der Waals surface area contributed by atoms with E-state index in [1.165, 1.54) is 18.2 Å². The number of ether oxygens (including phenoxy) is 1. The van der Waals surface area contributed by atoms with Gasteiger partial charge in [0.1, 0.15) is 11.6 Å². The normalized spacial score (nSPS) is 12.9. The van der Waals surface area contributed by atoms with Crippen molar-refractivity contribution in [2.45, 2.75) is 46.1 Å². The molecule has 1 atom stereocenters. The predicted molar refractivity (Wildman–Crippen MR) is 102 cm³/mol. The SMILES string of the molecule is CC(C)Nc1cc(-c2cccc(OC(F)(F)F)c2)nc(N[C@@H](CO)C(C)C)n1. The van der Waals surface area contributed by atoms with E-state index in [2.05, 4.69) is 25.3 Å². The average molecular weight is 398 g/mol. The van der Waals surface area contributed by atoms with Crippen LogP contribution < -0.4 is 15.4 Å². The largest absolute Gasteiger partial charge is 0.573 e. The molecule has 1 aromatic heterocycles. The van der Waals surface area contributed by atoms with Crippen LogP contribution in [0.1, 0.15) is 27.7 Å². The highest BCUT2D eigenvalue weighted by Gasteiger charge is 2.31. The molecule has 0 unspecified atom stereocenters. The second kappa shape index (κ2) is 9.09. The summed E-state index contributed by atoms with van der Waals surface area (Å²) >= 11 is 0. The van der Waals surface area contributed by atoms with Gasteiger partial charge in [0.15, 0.2) is 0 Å². The van der Waals surface area contributed by atoms with E-state index in [9.17, 15) is 18.3 Å². The molecular weight excluding hydrogens is 373 g/mol. The Kier molecular flexibility index (Phi) is 7.06. The van der Waals surface area contributed by atoms with Crippen LogP contribution >= 0.6 is 0 Å². The first-order valence-electron chi connectivity index (χ1n) is 8.96. The molecule has 3 N–H and O–H groups in total. The van der Waals surface area contributed by atoms with Crippen molar-refractivity contribution in [3.8, 4) is 17.0 Å². The van der Waals surface area contributed by atoms with Gasteiger partial charge in [0.2, 0.25) is 5.95 Å². The summed E-state index contributed by atoms with van der Waals surface area (Å²) in [6.45, 7) is 7.67. The molecule has 0 aliphatic carbocycles. The van der Waals surface area contributed by atoms with Crippen LogP contribution in [0.25, 0.3) is 11.3 Å². The molecular formula is C19H25F3N4O2. The molecule has 0 radical (unpaired) electrons. The summed E-state index contributed by atoms with van der Waals surface area (Å²) in [5.74, 6) is 0.592. The van der Waals surface area contributed by atoms with E-state index >= 15 is 0 Å².